The van der Waals surface area contributed by atoms with E-state index in [0.29, 0.717) is 12.0 Å². The first-order valence-corrected chi connectivity index (χ1v) is 8.98. The van der Waals surface area contributed by atoms with Gasteiger partial charge in [-0.3, -0.25) is 9.59 Å². The molecule has 134 valence electrons. The molecule has 2 aromatic carbocycles. The zero-order valence-electron chi connectivity index (χ0n) is 15.5. The Labute approximate surface area is 153 Å². The molecule has 0 atom stereocenters. The lowest BCUT2D eigenvalue weighted by Gasteiger charge is -2.24. The molecule has 3 aromatic rings. The molecule has 26 heavy (non-hydrogen) atoms. The van der Waals surface area contributed by atoms with Gasteiger partial charge in [0.25, 0.3) is 5.56 Å². The maximum absolute atomic E-state index is 12.7. The first kappa shape index (κ1) is 17.9. The van der Waals surface area contributed by atoms with Gasteiger partial charge < -0.3 is 9.88 Å². The van der Waals surface area contributed by atoms with E-state index in [0.717, 1.165) is 34.1 Å². The lowest BCUT2D eigenvalue weighted by Crippen LogP contribution is -2.33. The van der Waals surface area contributed by atoms with Crippen molar-refractivity contribution in [2.24, 2.45) is 0 Å². The molecular weight excluding hydrogens is 324 g/mol. The van der Waals surface area contributed by atoms with Crippen LogP contribution in [0.2, 0.25) is 0 Å². The number of nitrogens with zero attached hydrogens (tertiary/aromatic N) is 1. The van der Waals surface area contributed by atoms with E-state index in [9.17, 15) is 9.59 Å². The van der Waals surface area contributed by atoms with Gasteiger partial charge in [-0.2, -0.15) is 0 Å². The van der Waals surface area contributed by atoms with Gasteiger partial charge in [-0.1, -0.05) is 36.8 Å². The highest BCUT2D eigenvalue weighted by molar-refractivity contribution is 5.94. The second-order valence-electron chi connectivity index (χ2n) is 6.73. The quantitative estimate of drug-likeness (QED) is 0.739. The largest absolute Gasteiger partial charge is 0.322 e. The van der Waals surface area contributed by atoms with E-state index in [1.165, 1.54) is 0 Å². The molecule has 0 saturated carbocycles. The van der Waals surface area contributed by atoms with E-state index < -0.39 is 0 Å². The first-order chi connectivity index (χ1) is 12.5. The lowest BCUT2D eigenvalue weighted by molar-refractivity contribution is -0.118. The molecule has 3 rings (SSSR count). The van der Waals surface area contributed by atoms with E-state index in [2.05, 4.69) is 4.98 Å². The fourth-order valence-electron chi connectivity index (χ4n) is 3.18. The van der Waals surface area contributed by atoms with Crippen molar-refractivity contribution in [3.63, 3.8) is 0 Å². The average molecular weight is 348 g/mol. The van der Waals surface area contributed by atoms with Gasteiger partial charge in [-0.25, -0.2) is 0 Å². The number of fused-ring (bicyclic) bond motifs is 1. The molecule has 0 bridgehead atoms. The second kappa shape index (κ2) is 7.56. The minimum atomic E-state index is -0.149. The number of carbonyl (C=O) groups is 1. The Balaban J connectivity index is 2.05. The van der Waals surface area contributed by atoms with Gasteiger partial charge >= 0.3 is 0 Å². The molecule has 1 aromatic heterocycles. The van der Waals surface area contributed by atoms with Crippen LogP contribution in [0.1, 0.15) is 36.5 Å². The summed E-state index contributed by atoms with van der Waals surface area (Å²) < 4.78 is 0. The molecule has 0 saturated heterocycles. The Morgan fingerprint density at radius 2 is 1.85 bits per heavy atom. The number of aromatic amines is 1. The van der Waals surface area contributed by atoms with Crippen molar-refractivity contribution in [3.8, 4) is 0 Å². The highest BCUT2D eigenvalue weighted by atomic mass is 16.2. The SMILES string of the molecule is CCCC(=O)N(Cc1cc2cc(C)ccc2[nH]c1=O)c1ccccc1C. The number of para-hydroxylation sites is 1. The summed E-state index contributed by atoms with van der Waals surface area (Å²) in [5, 5.41) is 0.979. The molecule has 1 amide bonds. The van der Waals surface area contributed by atoms with Crippen LogP contribution < -0.4 is 10.5 Å². The summed E-state index contributed by atoms with van der Waals surface area (Å²) in [5.74, 6) is 0.0329. The molecule has 0 fully saturated rings. The fourth-order valence-corrected chi connectivity index (χ4v) is 3.18. The molecular formula is C22H24N2O2. The van der Waals surface area contributed by atoms with E-state index in [4.69, 9.17) is 0 Å². The van der Waals surface area contributed by atoms with Gasteiger partial charge in [0.05, 0.1) is 6.54 Å². The Hall–Kier alpha value is -2.88. The number of rotatable bonds is 5. The van der Waals surface area contributed by atoms with Gasteiger partial charge in [-0.05, 0) is 55.5 Å². The molecule has 0 aliphatic rings. The smallest absolute Gasteiger partial charge is 0.253 e. The molecule has 4 heteroatoms. The second-order valence-corrected chi connectivity index (χ2v) is 6.73. The lowest BCUT2D eigenvalue weighted by atomic mass is 10.1. The normalized spacial score (nSPS) is 10.9. The van der Waals surface area contributed by atoms with Crippen molar-refractivity contribution in [1.29, 1.82) is 0 Å². The number of aryl methyl sites for hydroxylation is 2. The topological polar surface area (TPSA) is 53.2 Å². The number of carbonyl (C=O) groups excluding carboxylic acids is 1. The standard InChI is InChI=1S/C22H24N2O2/c1-4-7-21(25)24(20-9-6-5-8-16(20)3)14-18-13-17-12-15(2)10-11-19(17)23-22(18)26/h5-6,8-13H,4,7,14H2,1-3H3,(H,23,26). The molecule has 0 aliphatic heterocycles. The van der Waals surface area contributed by atoms with Gasteiger partial charge in [0.2, 0.25) is 5.91 Å². The summed E-state index contributed by atoms with van der Waals surface area (Å²) in [5.41, 5.74) is 4.26. The summed E-state index contributed by atoms with van der Waals surface area (Å²) in [6.45, 7) is 6.26. The molecule has 1 heterocycles. The molecule has 0 unspecified atom stereocenters. The van der Waals surface area contributed by atoms with Crippen molar-refractivity contribution >= 4 is 22.5 Å². The van der Waals surface area contributed by atoms with Crippen molar-refractivity contribution in [1.82, 2.24) is 4.98 Å². The number of benzene rings is 2. The van der Waals surface area contributed by atoms with Crippen LogP contribution in [0, 0.1) is 13.8 Å². The van der Waals surface area contributed by atoms with Crippen molar-refractivity contribution < 1.29 is 4.79 Å². The molecule has 4 nitrogen and oxygen atoms in total. The van der Waals surface area contributed by atoms with Gasteiger partial charge in [0.1, 0.15) is 0 Å². The number of H-pyrrole nitrogens is 1. The van der Waals surface area contributed by atoms with Gasteiger partial charge in [0.15, 0.2) is 0 Å². The molecule has 0 spiro atoms. The average Bonchev–Trinajstić information content (AvgIpc) is 2.61. The summed E-state index contributed by atoms with van der Waals surface area (Å²) in [6, 6.07) is 15.6. The van der Waals surface area contributed by atoms with Crippen molar-refractivity contribution in [3.05, 3.63) is 75.6 Å². The Morgan fingerprint density at radius 3 is 2.58 bits per heavy atom. The molecule has 0 aliphatic carbocycles. The number of hydrogen-bond acceptors (Lipinski definition) is 2. The van der Waals surface area contributed by atoms with Crippen LogP contribution in [-0.2, 0) is 11.3 Å². The molecule has 1 N–H and O–H groups in total. The zero-order chi connectivity index (χ0) is 18.7. The molecule has 0 radical (unpaired) electrons. The van der Waals surface area contributed by atoms with Crippen LogP contribution >= 0.6 is 0 Å². The fraction of sp³-hybridized carbons (Fsp3) is 0.273. The number of pyridine rings is 1. The van der Waals surface area contributed by atoms with Crippen LogP contribution in [0.5, 0.6) is 0 Å². The minimum absolute atomic E-state index is 0.0329. The first-order valence-electron chi connectivity index (χ1n) is 8.98. The minimum Gasteiger partial charge on any atom is -0.322 e. The summed E-state index contributed by atoms with van der Waals surface area (Å²) >= 11 is 0. The summed E-state index contributed by atoms with van der Waals surface area (Å²) in [4.78, 5) is 30.0. The zero-order valence-corrected chi connectivity index (χ0v) is 15.5. The van der Waals surface area contributed by atoms with E-state index in [1.54, 1.807) is 4.90 Å². The van der Waals surface area contributed by atoms with E-state index >= 15 is 0 Å². The number of amides is 1. The Bertz CT molecular complexity index is 1000. The van der Waals surface area contributed by atoms with Crippen molar-refractivity contribution in [2.45, 2.75) is 40.2 Å². The summed E-state index contributed by atoms with van der Waals surface area (Å²) in [7, 11) is 0. The van der Waals surface area contributed by atoms with E-state index in [-0.39, 0.29) is 18.0 Å². The van der Waals surface area contributed by atoms with Crippen molar-refractivity contribution in [2.75, 3.05) is 4.90 Å². The van der Waals surface area contributed by atoms with Crippen LogP contribution in [0.4, 0.5) is 5.69 Å². The third-order valence-electron chi connectivity index (χ3n) is 4.58. The number of nitrogens with one attached hydrogen (secondary N) is 1. The third kappa shape index (κ3) is 3.69. The third-order valence-corrected chi connectivity index (χ3v) is 4.58. The number of anilines is 1. The maximum atomic E-state index is 12.7. The number of aromatic nitrogens is 1. The summed E-state index contributed by atoms with van der Waals surface area (Å²) in [6.07, 6.45) is 1.23. The van der Waals surface area contributed by atoms with Gasteiger partial charge in [0, 0.05) is 23.2 Å². The highest BCUT2D eigenvalue weighted by Gasteiger charge is 2.18. The predicted molar refractivity (Wildman–Crippen MR) is 107 cm³/mol. The van der Waals surface area contributed by atoms with Crippen LogP contribution in [0.3, 0.4) is 0 Å². The number of hydrogen-bond donors (Lipinski definition) is 1. The van der Waals surface area contributed by atoms with Crippen LogP contribution in [0.15, 0.2) is 53.3 Å². The maximum Gasteiger partial charge on any atom is 0.253 e. The Morgan fingerprint density at radius 1 is 1.08 bits per heavy atom. The van der Waals surface area contributed by atoms with Crippen LogP contribution in [0.25, 0.3) is 10.9 Å². The van der Waals surface area contributed by atoms with Crippen LogP contribution in [-0.4, -0.2) is 10.9 Å². The highest BCUT2D eigenvalue weighted by Crippen LogP contribution is 2.23. The monoisotopic (exact) mass is 348 g/mol. The van der Waals surface area contributed by atoms with Gasteiger partial charge in [-0.15, -0.1) is 0 Å². The predicted octanol–water partition coefficient (Wildman–Crippen LogP) is 4.48. The Kier molecular flexibility index (Phi) is 5.21. The van der Waals surface area contributed by atoms with E-state index in [1.807, 2.05) is 69.3 Å².